The molecule has 5 amide bonds. The average molecular weight is 713 g/mol. The number of phenolic OH excluding ortho intramolecular Hbond substituents is 1. The van der Waals surface area contributed by atoms with Crippen LogP contribution in [0.25, 0.3) is 11.1 Å². The van der Waals surface area contributed by atoms with Gasteiger partial charge in [-0.05, 0) is 100 Å². The predicted octanol–water partition coefficient (Wildman–Crippen LogP) is 2.83. The Kier molecular flexibility index (Phi) is 13.5. The van der Waals surface area contributed by atoms with Crippen LogP contribution in [-0.4, -0.2) is 88.6 Å². The number of carbonyl (C=O) groups is 5. The Labute approximate surface area is 296 Å². The third-order valence-corrected chi connectivity index (χ3v) is 7.45. The molecule has 2 aromatic rings. The molecule has 16 heteroatoms. The summed E-state index contributed by atoms with van der Waals surface area (Å²) in [5.41, 5.74) is -0.0347. The lowest BCUT2D eigenvalue weighted by atomic mass is 9.95. The van der Waals surface area contributed by atoms with E-state index in [1.54, 1.807) is 72.7 Å². The Hall–Kier alpha value is -5.25. The highest BCUT2D eigenvalue weighted by molar-refractivity contribution is 5.94. The van der Waals surface area contributed by atoms with Gasteiger partial charge in [-0.1, -0.05) is 12.1 Å². The largest absolute Gasteiger partial charge is 0.508 e. The first-order valence-electron chi connectivity index (χ1n) is 16.6. The molecule has 0 aromatic heterocycles. The van der Waals surface area contributed by atoms with E-state index in [4.69, 9.17) is 9.47 Å². The van der Waals surface area contributed by atoms with Crippen molar-refractivity contribution < 1.29 is 43.7 Å². The number of nitroso groups, excluding NO2 is 1. The Morgan fingerprint density at radius 2 is 1.49 bits per heavy atom. The van der Waals surface area contributed by atoms with Crippen LogP contribution >= 0.6 is 0 Å². The number of hydrogen-bond acceptors (Lipinski definition) is 11. The van der Waals surface area contributed by atoms with Crippen molar-refractivity contribution in [2.45, 2.75) is 103 Å². The maximum atomic E-state index is 14.0. The summed E-state index contributed by atoms with van der Waals surface area (Å²) in [6.45, 7) is 11.4. The highest BCUT2D eigenvalue weighted by atomic mass is 16.6. The molecule has 3 unspecified atom stereocenters. The number of nitrogens with zero attached hydrogens (tertiary/aromatic N) is 1. The number of phenols is 1. The van der Waals surface area contributed by atoms with Crippen LogP contribution in [0, 0.1) is 4.91 Å². The van der Waals surface area contributed by atoms with Crippen LogP contribution in [-0.2, 0) is 36.7 Å². The quantitative estimate of drug-likeness (QED) is 0.198. The van der Waals surface area contributed by atoms with E-state index in [2.05, 4.69) is 31.8 Å². The van der Waals surface area contributed by atoms with E-state index < -0.39 is 71.8 Å². The van der Waals surface area contributed by atoms with E-state index in [9.17, 15) is 39.1 Å². The number of hydrogen-bond donors (Lipinski definition) is 7. The van der Waals surface area contributed by atoms with Crippen molar-refractivity contribution in [3.63, 3.8) is 0 Å². The number of alkyl carbamates (subject to hydrolysis) is 2. The lowest BCUT2D eigenvalue weighted by Crippen LogP contribution is -2.58. The molecule has 1 aliphatic rings. The fourth-order valence-electron chi connectivity index (χ4n) is 5.20. The van der Waals surface area contributed by atoms with Gasteiger partial charge in [0.2, 0.25) is 17.7 Å². The molecule has 278 valence electrons. The minimum Gasteiger partial charge on any atom is -0.508 e. The standard InChI is InChI=1S/C35H48N6O10/c1-8-36-29(44)25-16-22-14-20(10-12-28(22)43)19-9-11-24(41-49)21(13-19)15-26(40-33(48)51-35(5,6)7)30(45)39-27(31(46)38-25)17-23(42)18-37-32(47)50-34(2,3)4/h9-14,23,25-27,42-43H,8,15-18H2,1-7H3,(H,36,44)(H,37,47)(H,38,46)(H,39,45)(H,40,48)/t23?,25?,26?,27-/m0/s1. The number of aliphatic hydroxyl groups excluding tert-OH is 1. The molecule has 0 saturated heterocycles. The molecule has 0 spiro atoms. The number of likely N-dealkylation sites (N-methyl/N-ethyl adjacent to an activating group) is 1. The molecule has 16 nitrogen and oxygen atoms in total. The van der Waals surface area contributed by atoms with Gasteiger partial charge in [0.1, 0.15) is 40.8 Å². The lowest BCUT2D eigenvalue weighted by molar-refractivity contribution is -0.133. The lowest BCUT2D eigenvalue weighted by Gasteiger charge is -2.27. The van der Waals surface area contributed by atoms with Gasteiger partial charge < -0.3 is 46.3 Å². The number of benzene rings is 2. The summed E-state index contributed by atoms with van der Waals surface area (Å²) in [5, 5.41) is 37.5. The zero-order valence-corrected chi connectivity index (χ0v) is 29.9. The van der Waals surface area contributed by atoms with Gasteiger partial charge in [0, 0.05) is 32.4 Å². The number of aliphatic hydroxyl groups is 1. The SMILES string of the molecule is CCNC(=O)C1Cc2cc(ccc2O)-c2ccc(N=O)c(c2)CC(NC(=O)OC(C)(C)C)C(=O)N[C@@H](CC(O)CNC(=O)OC(C)(C)C)C(=O)N1. The summed E-state index contributed by atoms with van der Waals surface area (Å²) in [7, 11) is 0. The van der Waals surface area contributed by atoms with Crippen LogP contribution in [0.4, 0.5) is 15.3 Å². The average Bonchev–Trinajstić information content (AvgIpc) is 3.01. The molecule has 0 radical (unpaired) electrons. The van der Waals surface area contributed by atoms with Gasteiger partial charge in [0.25, 0.3) is 0 Å². The van der Waals surface area contributed by atoms with E-state index in [-0.39, 0.29) is 42.9 Å². The maximum Gasteiger partial charge on any atom is 0.408 e. The van der Waals surface area contributed by atoms with Crippen LogP contribution in [0.1, 0.15) is 66.0 Å². The van der Waals surface area contributed by atoms with Gasteiger partial charge in [0.15, 0.2) is 0 Å². The molecule has 1 heterocycles. The normalized spacial score (nSPS) is 18.8. The Morgan fingerprint density at radius 3 is 2.10 bits per heavy atom. The van der Waals surface area contributed by atoms with Crippen molar-refractivity contribution in [2.24, 2.45) is 5.18 Å². The second kappa shape index (κ2) is 17.1. The van der Waals surface area contributed by atoms with E-state index in [0.29, 0.717) is 16.7 Å². The fourth-order valence-corrected chi connectivity index (χ4v) is 5.20. The first kappa shape index (κ1) is 40.2. The monoisotopic (exact) mass is 712 g/mol. The molecule has 7 N–H and O–H groups in total. The maximum absolute atomic E-state index is 14.0. The molecular formula is C35H48N6O10. The van der Waals surface area contributed by atoms with Crippen LogP contribution in [0.3, 0.4) is 0 Å². The minimum absolute atomic E-state index is 0.0138. The molecule has 1 aliphatic heterocycles. The highest BCUT2D eigenvalue weighted by Crippen LogP contribution is 2.31. The van der Waals surface area contributed by atoms with Gasteiger partial charge in [-0.25, -0.2) is 9.59 Å². The van der Waals surface area contributed by atoms with Crippen molar-refractivity contribution in [3.05, 3.63) is 52.4 Å². The number of ether oxygens (including phenoxy) is 2. The van der Waals surface area contributed by atoms with Gasteiger partial charge in [0.05, 0.1) is 6.10 Å². The molecule has 3 rings (SSSR count). The number of nitrogens with one attached hydrogen (secondary N) is 5. The fraction of sp³-hybridized carbons (Fsp3) is 0.514. The molecule has 4 atom stereocenters. The van der Waals surface area contributed by atoms with Gasteiger partial charge in [-0.3, -0.25) is 14.4 Å². The van der Waals surface area contributed by atoms with Gasteiger partial charge in [-0.15, -0.1) is 4.91 Å². The van der Waals surface area contributed by atoms with Crippen molar-refractivity contribution in [1.29, 1.82) is 0 Å². The second-order valence-corrected chi connectivity index (χ2v) is 14.2. The van der Waals surface area contributed by atoms with Crippen molar-refractivity contribution in [1.82, 2.24) is 26.6 Å². The van der Waals surface area contributed by atoms with Crippen molar-refractivity contribution in [3.8, 4) is 16.9 Å². The second-order valence-electron chi connectivity index (χ2n) is 14.2. The number of amides is 5. The summed E-state index contributed by atoms with van der Waals surface area (Å²) in [5.74, 6) is -2.50. The molecule has 2 aromatic carbocycles. The van der Waals surface area contributed by atoms with E-state index in [1.807, 2.05) is 0 Å². The Morgan fingerprint density at radius 1 is 0.882 bits per heavy atom. The van der Waals surface area contributed by atoms with E-state index in [0.717, 1.165) is 0 Å². The molecule has 0 fully saturated rings. The Balaban J connectivity index is 2.11. The molecule has 0 saturated carbocycles. The van der Waals surface area contributed by atoms with Crippen LogP contribution < -0.4 is 26.6 Å². The summed E-state index contributed by atoms with van der Waals surface area (Å²) in [6, 6.07) is 5.17. The number of carbonyl (C=O) groups excluding carboxylic acids is 5. The number of fused-ring (bicyclic) bond motifs is 5. The number of aromatic hydroxyl groups is 1. The van der Waals surface area contributed by atoms with E-state index >= 15 is 0 Å². The van der Waals surface area contributed by atoms with Crippen LogP contribution in [0.5, 0.6) is 5.75 Å². The highest BCUT2D eigenvalue weighted by Gasteiger charge is 2.33. The summed E-state index contributed by atoms with van der Waals surface area (Å²) >= 11 is 0. The Bertz CT molecular complexity index is 1620. The zero-order valence-electron chi connectivity index (χ0n) is 29.9. The van der Waals surface area contributed by atoms with E-state index in [1.165, 1.54) is 12.1 Å². The minimum atomic E-state index is -1.52. The first-order chi connectivity index (χ1) is 23.8. The third-order valence-electron chi connectivity index (χ3n) is 7.45. The smallest absolute Gasteiger partial charge is 0.408 e. The molecule has 51 heavy (non-hydrogen) atoms. The van der Waals surface area contributed by atoms with Crippen molar-refractivity contribution >= 4 is 35.6 Å². The first-order valence-corrected chi connectivity index (χ1v) is 16.6. The van der Waals surface area contributed by atoms with Gasteiger partial charge in [-0.2, -0.15) is 0 Å². The molecule has 0 aliphatic carbocycles. The zero-order chi connectivity index (χ0) is 38.1. The summed E-state index contributed by atoms with van der Waals surface area (Å²) in [4.78, 5) is 78.1. The molecule has 4 bridgehead atoms. The van der Waals surface area contributed by atoms with Crippen molar-refractivity contribution in [2.75, 3.05) is 13.1 Å². The van der Waals surface area contributed by atoms with Crippen LogP contribution in [0.15, 0.2) is 41.6 Å². The predicted molar refractivity (Wildman–Crippen MR) is 187 cm³/mol. The number of rotatable bonds is 8. The van der Waals surface area contributed by atoms with Crippen LogP contribution in [0.2, 0.25) is 0 Å². The summed E-state index contributed by atoms with van der Waals surface area (Å²) in [6.07, 6.45) is -4.07. The third kappa shape index (κ3) is 12.5. The topological polar surface area (TPSA) is 234 Å². The van der Waals surface area contributed by atoms with Gasteiger partial charge >= 0.3 is 12.2 Å². The molecular weight excluding hydrogens is 664 g/mol. The summed E-state index contributed by atoms with van der Waals surface area (Å²) < 4.78 is 10.6.